The van der Waals surface area contributed by atoms with E-state index >= 15 is 0 Å². The molecule has 4 aromatic rings. The van der Waals surface area contributed by atoms with E-state index in [4.69, 9.17) is 11.6 Å². The molecule has 0 bridgehead atoms. The number of hydrogen-bond donors (Lipinski definition) is 1. The summed E-state index contributed by atoms with van der Waals surface area (Å²) in [6.45, 7) is 0.837. The maximum Gasteiger partial charge on any atom is 0.211 e. The van der Waals surface area contributed by atoms with Crippen molar-refractivity contribution >= 4 is 34.5 Å². The number of rotatable bonds is 9. The summed E-state index contributed by atoms with van der Waals surface area (Å²) in [7, 11) is 0. The van der Waals surface area contributed by atoms with E-state index in [1.165, 1.54) is 25.0 Å². The summed E-state index contributed by atoms with van der Waals surface area (Å²) in [4.78, 5) is 32.5. The van der Waals surface area contributed by atoms with Crippen molar-refractivity contribution in [2.45, 2.75) is 18.9 Å². The van der Waals surface area contributed by atoms with Crippen molar-refractivity contribution < 1.29 is 19.1 Å². The lowest BCUT2D eigenvalue weighted by Crippen LogP contribution is -2.20. The Hall–Kier alpha value is -3.87. The highest BCUT2D eigenvalue weighted by Crippen LogP contribution is 2.35. The largest absolute Gasteiger partial charge is 0.380 e. The molecule has 1 saturated carbocycles. The molecule has 1 fully saturated rings. The Kier molecular flexibility index (Phi) is 7.12. The minimum absolute atomic E-state index is 0.109. The van der Waals surface area contributed by atoms with E-state index < -0.39 is 23.5 Å². The van der Waals surface area contributed by atoms with Crippen LogP contribution in [-0.2, 0) is 0 Å². The van der Waals surface area contributed by atoms with Gasteiger partial charge in [-0.2, -0.15) is 0 Å². The Morgan fingerprint density at radius 1 is 0.973 bits per heavy atom. The molecule has 1 atom stereocenters. The van der Waals surface area contributed by atoms with Crippen LogP contribution < -0.4 is 4.90 Å². The first-order valence-electron chi connectivity index (χ1n) is 12.0. The second-order valence-electron chi connectivity index (χ2n) is 9.13. The van der Waals surface area contributed by atoms with Gasteiger partial charge < -0.3 is 10.0 Å². The number of carbonyl (C=O) groups is 2. The van der Waals surface area contributed by atoms with Crippen LogP contribution in [0.1, 0.15) is 50.9 Å². The first-order chi connectivity index (χ1) is 17.9. The Bertz CT molecular complexity index is 1420. The van der Waals surface area contributed by atoms with Gasteiger partial charge in [-0.25, -0.2) is 4.39 Å². The van der Waals surface area contributed by atoms with Crippen molar-refractivity contribution in [2.24, 2.45) is 5.92 Å². The molecule has 7 heteroatoms. The van der Waals surface area contributed by atoms with E-state index in [-0.39, 0.29) is 16.8 Å². The van der Waals surface area contributed by atoms with Crippen molar-refractivity contribution in [3.63, 3.8) is 0 Å². The minimum Gasteiger partial charge on any atom is -0.380 e. The van der Waals surface area contributed by atoms with Gasteiger partial charge in [0.05, 0.1) is 17.4 Å². The molecule has 0 aliphatic heterocycles. The van der Waals surface area contributed by atoms with E-state index in [9.17, 15) is 19.1 Å². The highest BCUT2D eigenvalue weighted by molar-refractivity contribution is 6.30. The van der Waals surface area contributed by atoms with Crippen LogP contribution in [0.4, 0.5) is 15.8 Å². The summed E-state index contributed by atoms with van der Waals surface area (Å²) >= 11 is 6.06. The van der Waals surface area contributed by atoms with Crippen LogP contribution in [0.25, 0.3) is 0 Å². The van der Waals surface area contributed by atoms with E-state index in [0.29, 0.717) is 16.5 Å². The highest BCUT2D eigenvalue weighted by Gasteiger charge is 2.26. The summed E-state index contributed by atoms with van der Waals surface area (Å²) in [6, 6.07) is 22.8. The van der Waals surface area contributed by atoms with Crippen molar-refractivity contribution in [3.8, 4) is 0 Å². The molecule has 0 saturated heterocycles. The number of nitrogens with zero attached hydrogens (tertiary/aromatic N) is 2. The number of aliphatic hydroxyl groups is 1. The maximum absolute atomic E-state index is 14.5. The third kappa shape index (κ3) is 5.61. The lowest BCUT2D eigenvalue weighted by Gasteiger charge is -2.25. The van der Waals surface area contributed by atoms with Gasteiger partial charge in [0, 0.05) is 22.8 Å². The normalized spacial score (nSPS) is 13.7. The van der Waals surface area contributed by atoms with Gasteiger partial charge in [-0.3, -0.25) is 14.6 Å². The smallest absolute Gasteiger partial charge is 0.211 e. The summed E-state index contributed by atoms with van der Waals surface area (Å²) in [5, 5.41) is 11.1. The predicted octanol–water partition coefficient (Wildman–Crippen LogP) is 6.57. The molecule has 1 aliphatic carbocycles. The number of ketones is 2. The molecular formula is C30H24ClFN2O3. The second-order valence-corrected chi connectivity index (χ2v) is 9.57. The van der Waals surface area contributed by atoms with Gasteiger partial charge in [0.25, 0.3) is 0 Å². The quantitative estimate of drug-likeness (QED) is 0.256. The fourth-order valence-electron chi connectivity index (χ4n) is 4.16. The molecule has 5 rings (SSSR count). The summed E-state index contributed by atoms with van der Waals surface area (Å²) < 4.78 is 14.5. The van der Waals surface area contributed by atoms with E-state index in [2.05, 4.69) is 9.88 Å². The zero-order valence-electron chi connectivity index (χ0n) is 19.9. The highest BCUT2D eigenvalue weighted by atomic mass is 35.5. The first-order valence-corrected chi connectivity index (χ1v) is 12.4. The minimum atomic E-state index is -1.54. The fraction of sp³-hybridized carbons (Fsp3) is 0.167. The lowest BCUT2D eigenvalue weighted by atomic mass is 9.96. The molecular weight excluding hydrogens is 491 g/mol. The number of aromatic nitrogens is 1. The molecule has 0 amide bonds. The molecule has 1 aromatic heterocycles. The Balaban J connectivity index is 1.38. The van der Waals surface area contributed by atoms with Gasteiger partial charge in [0.15, 0.2) is 5.78 Å². The molecule has 1 heterocycles. The zero-order chi connectivity index (χ0) is 25.9. The molecule has 37 heavy (non-hydrogen) atoms. The Labute approximate surface area is 219 Å². The van der Waals surface area contributed by atoms with Crippen molar-refractivity contribution in [1.29, 1.82) is 0 Å². The number of aliphatic hydroxyl groups excluding tert-OH is 1. The van der Waals surface area contributed by atoms with Gasteiger partial charge >= 0.3 is 0 Å². The third-order valence-electron chi connectivity index (χ3n) is 6.43. The Morgan fingerprint density at radius 2 is 1.68 bits per heavy atom. The average molecular weight is 515 g/mol. The first kappa shape index (κ1) is 24.8. The zero-order valence-corrected chi connectivity index (χ0v) is 20.6. The topological polar surface area (TPSA) is 70.5 Å². The molecule has 0 spiro atoms. The van der Waals surface area contributed by atoms with Crippen LogP contribution in [0.15, 0.2) is 91.1 Å². The van der Waals surface area contributed by atoms with Crippen LogP contribution >= 0.6 is 11.6 Å². The van der Waals surface area contributed by atoms with Crippen LogP contribution in [0, 0.1) is 11.7 Å². The molecule has 1 N–H and O–H groups in total. The van der Waals surface area contributed by atoms with Crippen molar-refractivity contribution in [3.05, 3.63) is 124 Å². The standard InChI is InChI=1S/C30H24ClFN2O3/c31-22-9-11-23(12-10-22)34(18-19-6-7-19)24-13-15-27(33-17-24)28(35)21-8-14-26(32)25(16-21)30(37)29(36)20-4-2-1-3-5-20/h1-5,8-17,19,29,36H,6-7,18H2. The van der Waals surface area contributed by atoms with Crippen molar-refractivity contribution in [1.82, 2.24) is 4.98 Å². The monoisotopic (exact) mass is 514 g/mol. The summed E-state index contributed by atoms with van der Waals surface area (Å²) in [5.41, 5.74) is 2.09. The van der Waals surface area contributed by atoms with Gasteiger partial charge in [-0.15, -0.1) is 0 Å². The van der Waals surface area contributed by atoms with Crippen LogP contribution in [-0.4, -0.2) is 28.2 Å². The van der Waals surface area contributed by atoms with E-state index in [1.807, 2.05) is 30.3 Å². The predicted molar refractivity (Wildman–Crippen MR) is 141 cm³/mol. The number of Topliss-reactive ketones (excluding diaryl/α,β-unsaturated/α-hetero) is 1. The number of pyridine rings is 1. The molecule has 3 aromatic carbocycles. The fourth-order valence-corrected chi connectivity index (χ4v) is 4.28. The van der Waals surface area contributed by atoms with Gasteiger partial charge in [-0.1, -0.05) is 41.9 Å². The lowest BCUT2D eigenvalue weighted by molar-refractivity contribution is 0.0743. The van der Waals surface area contributed by atoms with Crippen LogP contribution in [0.2, 0.25) is 5.02 Å². The summed E-state index contributed by atoms with van der Waals surface area (Å²) in [5.74, 6) is -1.47. The van der Waals surface area contributed by atoms with Gasteiger partial charge in [0.2, 0.25) is 5.78 Å². The summed E-state index contributed by atoms with van der Waals surface area (Å²) in [6.07, 6.45) is 2.46. The van der Waals surface area contributed by atoms with E-state index in [1.54, 1.807) is 42.6 Å². The number of anilines is 2. The van der Waals surface area contributed by atoms with Gasteiger partial charge in [-0.05, 0) is 78.9 Å². The maximum atomic E-state index is 14.5. The average Bonchev–Trinajstić information content (AvgIpc) is 3.76. The Morgan fingerprint density at radius 3 is 2.32 bits per heavy atom. The number of halogens is 2. The molecule has 1 unspecified atom stereocenters. The number of carbonyl (C=O) groups excluding carboxylic acids is 2. The molecule has 0 radical (unpaired) electrons. The third-order valence-corrected chi connectivity index (χ3v) is 6.68. The van der Waals surface area contributed by atoms with Gasteiger partial charge in [0.1, 0.15) is 17.6 Å². The van der Waals surface area contributed by atoms with E-state index in [0.717, 1.165) is 24.0 Å². The second kappa shape index (κ2) is 10.6. The van der Waals surface area contributed by atoms with Crippen LogP contribution in [0.3, 0.4) is 0 Å². The molecule has 1 aliphatic rings. The molecule has 186 valence electrons. The van der Waals surface area contributed by atoms with Crippen LogP contribution in [0.5, 0.6) is 0 Å². The number of benzene rings is 3. The number of hydrogen-bond acceptors (Lipinski definition) is 5. The molecule has 5 nitrogen and oxygen atoms in total. The SMILES string of the molecule is O=C(c1ccc(F)c(C(=O)C(O)c2ccccc2)c1)c1ccc(N(CC2CC2)c2ccc(Cl)cc2)cn1. The van der Waals surface area contributed by atoms with Crippen molar-refractivity contribution in [2.75, 3.05) is 11.4 Å².